The van der Waals surface area contributed by atoms with E-state index in [9.17, 15) is 9.59 Å². The van der Waals surface area contributed by atoms with Crippen LogP contribution in [-0.4, -0.2) is 48.9 Å². The molecule has 0 aliphatic carbocycles. The van der Waals surface area contributed by atoms with Crippen LogP contribution in [0, 0.1) is 5.92 Å². The zero-order chi connectivity index (χ0) is 20.6. The molecule has 1 aliphatic rings. The molecule has 3 rings (SSSR count). The van der Waals surface area contributed by atoms with Crippen LogP contribution < -0.4 is 10.6 Å². The average Bonchev–Trinajstić information content (AvgIpc) is 2.72. The largest absolute Gasteiger partial charge is 0.355 e. The van der Waals surface area contributed by atoms with Crippen molar-refractivity contribution in [2.45, 2.75) is 32.2 Å². The highest BCUT2D eigenvalue weighted by atomic mass is 16.2. The highest BCUT2D eigenvalue weighted by Crippen LogP contribution is 2.23. The van der Waals surface area contributed by atoms with Crippen LogP contribution in [-0.2, 0) is 9.59 Å². The predicted octanol–water partition coefficient (Wildman–Crippen LogP) is 2.78. The number of rotatable bonds is 8. The number of benzene rings is 2. The van der Waals surface area contributed by atoms with Gasteiger partial charge >= 0.3 is 0 Å². The van der Waals surface area contributed by atoms with E-state index in [2.05, 4.69) is 53.6 Å². The van der Waals surface area contributed by atoms with Gasteiger partial charge in [-0.05, 0) is 17.0 Å². The highest BCUT2D eigenvalue weighted by Gasteiger charge is 2.31. The summed E-state index contributed by atoms with van der Waals surface area (Å²) in [5, 5.41) is 5.97. The Kier molecular flexibility index (Phi) is 7.42. The molecule has 1 aliphatic heterocycles. The summed E-state index contributed by atoms with van der Waals surface area (Å²) in [5.41, 5.74) is 2.33. The number of amides is 2. The van der Waals surface area contributed by atoms with E-state index in [1.54, 1.807) is 0 Å². The topological polar surface area (TPSA) is 61.4 Å². The van der Waals surface area contributed by atoms with Crippen LogP contribution in [0.3, 0.4) is 0 Å². The van der Waals surface area contributed by atoms with Crippen molar-refractivity contribution >= 4 is 11.8 Å². The fourth-order valence-corrected chi connectivity index (χ4v) is 3.93. The van der Waals surface area contributed by atoms with Crippen LogP contribution in [0.4, 0.5) is 0 Å². The van der Waals surface area contributed by atoms with Gasteiger partial charge in [0.25, 0.3) is 0 Å². The van der Waals surface area contributed by atoms with Gasteiger partial charge in [0, 0.05) is 32.1 Å². The Morgan fingerprint density at radius 2 is 1.66 bits per heavy atom. The molecular formula is C24H31N3O2. The van der Waals surface area contributed by atoms with Crippen LogP contribution in [0.2, 0.25) is 0 Å². The lowest BCUT2D eigenvalue weighted by Crippen LogP contribution is -2.57. The fourth-order valence-electron chi connectivity index (χ4n) is 3.93. The molecule has 0 spiro atoms. The summed E-state index contributed by atoms with van der Waals surface area (Å²) >= 11 is 0. The average molecular weight is 394 g/mol. The second-order valence-electron chi connectivity index (χ2n) is 8.08. The molecule has 29 heavy (non-hydrogen) atoms. The Bertz CT molecular complexity index is 753. The van der Waals surface area contributed by atoms with Gasteiger partial charge in [0.2, 0.25) is 11.8 Å². The maximum Gasteiger partial charge on any atom is 0.237 e. The molecule has 2 N–H and O–H groups in total. The number of nitrogens with zero attached hydrogens (tertiary/aromatic N) is 1. The lowest BCUT2D eigenvalue weighted by Gasteiger charge is -2.35. The fraction of sp³-hybridized carbons (Fsp3) is 0.417. The third-order valence-corrected chi connectivity index (χ3v) is 5.33. The van der Waals surface area contributed by atoms with Crippen molar-refractivity contribution < 1.29 is 9.59 Å². The Balaban J connectivity index is 1.66. The Morgan fingerprint density at radius 1 is 1.07 bits per heavy atom. The van der Waals surface area contributed by atoms with Gasteiger partial charge in [-0.25, -0.2) is 0 Å². The lowest BCUT2D eigenvalue weighted by molar-refractivity contribution is -0.134. The molecule has 2 aromatic rings. The molecule has 5 nitrogen and oxygen atoms in total. The Morgan fingerprint density at radius 3 is 2.21 bits per heavy atom. The van der Waals surface area contributed by atoms with Crippen molar-refractivity contribution in [3.63, 3.8) is 0 Å². The molecule has 0 aromatic heterocycles. The van der Waals surface area contributed by atoms with Gasteiger partial charge in [-0.1, -0.05) is 74.5 Å². The van der Waals surface area contributed by atoms with Crippen LogP contribution in [0.1, 0.15) is 37.3 Å². The minimum atomic E-state index is -0.391. The van der Waals surface area contributed by atoms with Crippen molar-refractivity contribution in [2.24, 2.45) is 5.92 Å². The van der Waals surface area contributed by atoms with Gasteiger partial charge in [0.1, 0.15) is 0 Å². The second kappa shape index (κ2) is 10.2. The molecule has 5 heteroatoms. The maximum atomic E-state index is 12.7. The van der Waals surface area contributed by atoms with E-state index in [4.69, 9.17) is 0 Å². The van der Waals surface area contributed by atoms with E-state index in [0.717, 1.165) is 24.2 Å². The normalized spacial score (nSPS) is 17.4. The molecule has 0 saturated carbocycles. The van der Waals surface area contributed by atoms with E-state index >= 15 is 0 Å². The first-order valence-electron chi connectivity index (χ1n) is 10.4. The van der Waals surface area contributed by atoms with Crippen LogP contribution in [0.5, 0.6) is 0 Å². The smallest absolute Gasteiger partial charge is 0.237 e. The van der Waals surface area contributed by atoms with Crippen molar-refractivity contribution in [3.8, 4) is 0 Å². The third-order valence-electron chi connectivity index (χ3n) is 5.33. The summed E-state index contributed by atoms with van der Waals surface area (Å²) in [6.45, 7) is 7.03. The van der Waals surface area contributed by atoms with E-state index < -0.39 is 6.04 Å². The third kappa shape index (κ3) is 5.91. The summed E-state index contributed by atoms with van der Waals surface area (Å²) in [5.74, 6) is 0.396. The summed E-state index contributed by atoms with van der Waals surface area (Å²) < 4.78 is 0. The molecule has 1 unspecified atom stereocenters. The molecule has 2 amide bonds. The highest BCUT2D eigenvalue weighted by molar-refractivity contribution is 5.88. The summed E-state index contributed by atoms with van der Waals surface area (Å²) in [6, 6.07) is 20.0. The van der Waals surface area contributed by atoms with Gasteiger partial charge < -0.3 is 10.6 Å². The van der Waals surface area contributed by atoms with Crippen molar-refractivity contribution in [1.29, 1.82) is 0 Å². The van der Waals surface area contributed by atoms with E-state index in [1.165, 1.54) is 0 Å². The van der Waals surface area contributed by atoms with Crippen molar-refractivity contribution in [3.05, 3.63) is 71.8 Å². The van der Waals surface area contributed by atoms with Crippen LogP contribution >= 0.6 is 0 Å². The van der Waals surface area contributed by atoms with E-state index in [-0.39, 0.29) is 24.2 Å². The minimum absolute atomic E-state index is 0.0466. The van der Waals surface area contributed by atoms with Crippen molar-refractivity contribution in [2.75, 3.05) is 26.2 Å². The molecule has 1 atom stereocenters. The molecule has 0 radical (unpaired) electrons. The lowest BCUT2D eigenvalue weighted by atomic mass is 9.91. The zero-order valence-corrected chi connectivity index (χ0v) is 17.3. The number of hydrogen-bond acceptors (Lipinski definition) is 3. The monoisotopic (exact) mass is 393 g/mol. The SMILES string of the molecule is CC(C)CN1CCNC(=O)C1CC(=O)NCC(c1ccccc1)c1ccccc1. The summed E-state index contributed by atoms with van der Waals surface area (Å²) in [7, 11) is 0. The number of piperazine rings is 1. The van der Waals surface area contributed by atoms with Crippen LogP contribution in [0.25, 0.3) is 0 Å². The molecule has 2 aromatic carbocycles. The molecule has 0 bridgehead atoms. The summed E-state index contributed by atoms with van der Waals surface area (Å²) in [4.78, 5) is 27.2. The quantitative estimate of drug-likeness (QED) is 0.725. The Labute approximate surface area is 173 Å². The van der Waals surface area contributed by atoms with Gasteiger partial charge in [-0.3, -0.25) is 14.5 Å². The van der Waals surface area contributed by atoms with Gasteiger partial charge in [0.05, 0.1) is 12.5 Å². The molecule has 1 saturated heterocycles. The standard InChI is InChI=1S/C24H31N3O2/c1-18(2)17-27-14-13-25-24(29)22(27)15-23(28)26-16-21(19-9-5-3-6-10-19)20-11-7-4-8-12-20/h3-12,18,21-22H,13-17H2,1-2H3,(H,25,29)(H,26,28). The zero-order valence-electron chi connectivity index (χ0n) is 17.3. The molecule has 1 fully saturated rings. The molecule has 1 heterocycles. The number of carbonyl (C=O) groups excluding carboxylic acids is 2. The number of nitrogens with one attached hydrogen (secondary N) is 2. The first kappa shape index (κ1) is 21.1. The van der Waals surface area contributed by atoms with Gasteiger partial charge in [-0.15, -0.1) is 0 Å². The van der Waals surface area contributed by atoms with Gasteiger partial charge in [-0.2, -0.15) is 0 Å². The first-order chi connectivity index (χ1) is 14.0. The first-order valence-corrected chi connectivity index (χ1v) is 10.4. The van der Waals surface area contributed by atoms with Crippen molar-refractivity contribution in [1.82, 2.24) is 15.5 Å². The number of carbonyl (C=O) groups is 2. The predicted molar refractivity (Wildman–Crippen MR) is 116 cm³/mol. The van der Waals surface area contributed by atoms with Gasteiger partial charge in [0.15, 0.2) is 0 Å². The minimum Gasteiger partial charge on any atom is -0.355 e. The van der Waals surface area contributed by atoms with Crippen LogP contribution in [0.15, 0.2) is 60.7 Å². The number of hydrogen-bond donors (Lipinski definition) is 2. The molecule has 154 valence electrons. The van der Waals surface area contributed by atoms with E-state index in [1.807, 2.05) is 36.4 Å². The summed E-state index contributed by atoms with van der Waals surface area (Å²) in [6.07, 6.45) is 0.189. The van der Waals surface area contributed by atoms with E-state index in [0.29, 0.717) is 19.0 Å². The second-order valence-corrected chi connectivity index (χ2v) is 8.08. The molecular weight excluding hydrogens is 362 g/mol. The maximum absolute atomic E-state index is 12.7. The Hall–Kier alpha value is -2.66.